The first-order valence-corrected chi connectivity index (χ1v) is 4.90. The molecule has 62 valence electrons. The van der Waals surface area contributed by atoms with Crippen molar-refractivity contribution in [2.24, 2.45) is 11.8 Å². The Balaban J connectivity index is 2.09. The third kappa shape index (κ3) is 1.33. The molecule has 1 heteroatoms. The SMILES string of the molecule is O=C1CCCC[C@@H]2CCCC12. The molecule has 0 saturated heterocycles. The number of fused-ring (bicyclic) bond motifs is 1. The smallest absolute Gasteiger partial charge is 0.136 e. The number of rotatable bonds is 0. The molecule has 0 heterocycles. The molecule has 0 amide bonds. The molecule has 0 aromatic heterocycles. The van der Waals surface area contributed by atoms with Crippen LogP contribution in [0.15, 0.2) is 0 Å². The summed E-state index contributed by atoms with van der Waals surface area (Å²) in [6.45, 7) is 0. The lowest BCUT2D eigenvalue weighted by Gasteiger charge is -2.13. The van der Waals surface area contributed by atoms with Gasteiger partial charge in [-0.25, -0.2) is 0 Å². The van der Waals surface area contributed by atoms with Gasteiger partial charge in [0, 0.05) is 12.3 Å². The maximum Gasteiger partial charge on any atom is 0.136 e. The second kappa shape index (κ2) is 2.96. The average Bonchev–Trinajstić information content (AvgIpc) is 2.40. The molecule has 0 aliphatic heterocycles. The maximum atomic E-state index is 11.5. The number of carbonyl (C=O) groups excluding carboxylic acids is 1. The van der Waals surface area contributed by atoms with Gasteiger partial charge >= 0.3 is 0 Å². The quantitative estimate of drug-likeness (QED) is 0.521. The van der Waals surface area contributed by atoms with Crippen LogP contribution in [0.3, 0.4) is 0 Å². The predicted molar refractivity (Wildman–Crippen MR) is 44.3 cm³/mol. The predicted octanol–water partition coefficient (Wildman–Crippen LogP) is 2.55. The van der Waals surface area contributed by atoms with Gasteiger partial charge in [0.25, 0.3) is 0 Å². The fourth-order valence-electron chi connectivity index (χ4n) is 2.70. The summed E-state index contributed by atoms with van der Waals surface area (Å²) >= 11 is 0. The van der Waals surface area contributed by atoms with Gasteiger partial charge in [-0.2, -0.15) is 0 Å². The van der Waals surface area contributed by atoms with E-state index in [2.05, 4.69) is 0 Å². The highest BCUT2D eigenvalue weighted by Crippen LogP contribution is 2.38. The molecule has 1 unspecified atom stereocenters. The van der Waals surface area contributed by atoms with Crippen LogP contribution in [-0.2, 0) is 4.79 Å². The van der Waals surface area contributed by atoms with Crippen LogP contribution in [0.1, 0.15) is 44.9 Å². The molecule has 2 atom stereocenters. The van der Waals surface area contributed by atoms with E-state index in [-0.39, 0.29) is 0 Å². The topological polar surface area (TPSA) is 17.1 Å². The van der Waals surface area contributed by atoms with Crippen molar-refractivity contribution in [2.45, 2.75) is 44.9 Å². The zero-order chi connectivity index (χ0) is 7.68. The minimum absolute atomic E-state index is 0.484. The Kier molecular flexibility index (Phi) is 1.97. The van der Waals surface area contributed by atoms with Gasteiger partial charge in [0.1, 0.15) is 5.78 Å². The van der Waals surface area contributed by atoms with E-state index in [0.29, 0.717) is 11.7 Å². The fraction of sp³-hybridized carbons (Fsp3) is 0.900. The second-order valence-corrected chi connectivity index (χ2v) is 4.01. The third-order valence-electron chi connectivity index (χ3n) is 3.32. The van der Waals surface area contributed by atoms with Gasteiger partial charge in [-0.1, -0.05) is 12.8 Å². The van der Waals surface area contributed by atoms with Gasteiger partial charge in [-0.05, 0) is 31.6 Å². The Morgan fingerprint density at radius 3 is 2.73 bits per heavy atom. The van der Waals surface area contributed by atoms with E-state index in [9.17, 15) is 4.79 Å². The largest absolute Gasteiger partial charge is 0.299 e. The fourth-order valence-corrected chi connectivity index (χ4v) is 2.70. The molecule has 11 heavy (non-hydrogen) atoms. The van der Waals surface area contributed by atoms with Gasteiger partial charge in [-0.3, -0.25) is 4.79 Å². The molecule has 1 nitrogen and oxygen atoms in total. The summed E-state index contributed by atoms with van der Waals surface area (Å²) in [5.74, 6) is 1.84. The van der Waals surface area contributed by atoms with Gasteiger partial charge in [-0.15, -0.1) is 0 Å². The summed E-state index contributed by atoms with van der Waals surface area (Å²) in [6, 6.07) is 0. The summed E-state index contributed by atoms with van der Waals surface area (Å²) in [7, 11) is 0. The van der Waals surface area contributed by atoms with Crippen LogP contribution in [0.4, 0.5) is 0 Å². The van der Waals surface area contributed by atoms with Crippen molar-refractivity contribution in [3.8, 4) is 0 Å². The minimum atomic E-state index is 0.484. The Labute approximate surface area is 68.2 Å². The Hall–Kier alpha value is -0.330. The van der Waals surface area contributed by atoms with Crippen LogP contribution in [0.25, 0.3) is 0 Å². The summed E-state index contributed by atoms with van der Waals surface area (Å²) in [4.78, 5) is 11.5. The molecule has 2 aliphatic rings. The normalized spacial score (nSPS) is 38.4. The molecular formula is C10H16O. The van der Waals surface area contributed by atoms with Crippen molar-refractivity contribution < 1.29 is 4.79 Å². The van der Waals surface area contributed by atoms with Crippen LogP contribution in [0.2, 0.25) is 0 Å². The highest BCUT2D eigenvalue weighted by molar-refractivity contribution is 5.81. The number of hydrogen-bond acceptors (Lipinski definition) is 1. The number of carbonyl (C=O) groups is 1. The van der Waals surface area contributed by atoms with Crippen molar-refractivity contribution in [3.63, 3.8) is 0 Å². The second-order valence-electron chi connectivity index (χ2n) is 4.01. The molecule has 2 aliphatic carbocycles. The first kappa shape index (κ1) is 7.33. The third-order valence-corrected chi connectivity index (χ3v) is 3.32. The Morgan fingerprint density at radius 2 is 1.82 bits per heavy atom. The number of ketones is 1. The first-order chi connectivity index (χ1) is 5.38. The van der Waals surface area contributed by atoms with Gasteiger partial charge < -0.3 is 0 Å². The van der Waals surface area contributed by atoms with Crippen LogP contribution >= 0.6 is 0 Å². The zero-order valence-corrected chi connectivity index (χ0v) is 7.01. The van der Waals surface area contributed by atoms with Crippen LogP contribution in [0.5, 0.6) is 0 Å². The van der Waals surface area contributed by atoms with Crippen LogP contribution < -0.4 is 0 Å². The van der Waals surface area contributed by atoms with Crippen molar-refractivity contribution in [1.29, 1.82) is 0 Å². The Morgan fingerprint density at radius 1 is 1.00 bits per heavy atom. The molecular weight excluding hydrogens is 136 g/mol. The summed E-state index contributed by atoms with van der Waals surface area (Å²) < 4.78 is 0. The minimum Gasteiger partial charge on any atom is -0.299 e. The lowest BCUT2D eigenvalue weighted by molar-refractivity contribution is -0.123. The zero-order valence-electron chi connectivity index (χ0n) is 7.01. The van der Waals surface area contributed by atoms with Crippen LogP contribution in [0, 0.1) is 11.8 Å². The standard InChI is InChI=1S/C10H16O/c11-10-7-2-1-4-8-5-3-6-9(8)10/h8-9H,1-7H2/t8-,9?/m1/s1. The van der Waals surface area contributed by atoms with E-state index in [1.165, 1.54) is 32.1 Å². The first-order valence-electron chi connectivity index (χ1n) is 4.90. The molecule has 2 saturated carbocycles. The lowest BCUT2D eigenvalue weighted by atomic mass is 9.91. The van der Waals surface area contributed by atoms with Crippen molar-refractivity contribution in [2.75, 3.05) is 0 Å². The molecule has 0 radical (unpaired) electrons. The van der Waals surface area contributed by atoms with Crippen LogP contribution in [-0.4, -0.2) is 5.78 Å². The molecule has 0 bridgehead atoms. The van der Waals surface area contributed by atoms with Gasteiger partial charge in [0.05, 0.1) is 0 Å². The van der Waals surface area contributed by atoms with Crippen molar-refractivity contribution >= 4 is 5.78 Å². The molecule has 2 rings (SSSR count). The van der Waals surface area contributed by atoms with E-state index < -0.39 is 0 Å². The summed E-state index contributed by atoms with van der Waals surface area (Å²) in [6.07, 6.45) is 8.50. The lowest BCUT2D eigenvalue weighted by Crippen LogP contribution is -2.15. The monoisotopic (exact) mass is 152 g/mol. The number of Topliss-reactive ketones (excluding diaryl/α,β-unsaturated/α-hetero) is 1. The van der Waals surface area contributed by atoms with Crippen molar-refractivity contribution in [1.82, 2.24) is 0 Å². The van der Waals surface area contributed by atoms with E-state index in [1.54, 1.807) is 0 Å². The van der Waals surface area contributed by atoms with Gasteiger partial charge in [0.2, 0.25) is 0 Å². The van der Waals surface area contributed by atoms with E-state index in [1.807, 2.05) is 0 Å². The van der Waals surface area contributed by atoms with Crippen molar-refractivity contribution in [3.05, 3.63) is 0 Å². The van der Waals surface area contributed by atoms with E-state index in [0.717, 1.165) is 18.8 Å². The summed E-state index contributed by atoms with van der Waals surface area (Å²) in [5, 5.41) is 0. The number of hydrogen-bond donors (Lipinski definition) is 0. The molecule has 2 fully saturated rings. The van der Waals surface area contributed by atoms with E-state index in [4.69, 9.17) is 0 Å². The molecule has 0 N–H and O–H groups in total. The molecule has 0 spiro atoms. The Bertz CT molecular complexity index is 162. The molecule has 0 aromatic carbocycles. The average molecular weight is 152 g/mol. The highest BCUT2D eigenvalue weighted by atomic mass is 16.1. The van der Waals surface area contributed by atoms with Gasteiger partial charge in [0.15, 0.2) is 0 Å². The van der Waals surface area contributed by atoms with E-state index >= 15 is 0 Å². The maximum absolute atomic E-state index is 11.5. The highest BCUT2D eigenvalue weighted by Gasteiger charge is 2.33. The molecule has 0 aromatic rings. The summed E-state index contributed by atoms with van der Waals surface area (Å²) in [5.41, 5.74) is 0.